The number of nitrogens with one attached hydrogen (secondary N) is 1. The van der Waals surface area contributed by atoms with Crippen molar-refractivity contribution in [3.8, 4) is 11.5 Å². The first-order valence-electron chi connectivity index (χ1n) is 9.53. The molecule has 1 fully saturated rings. The fraction of sp³-hybridized carbons (Fsp3) is 0.409. The Morgan fingerprint density at radius 1 is 1.19 bits per heavy atom. The molecule has 4 rings (SSSR count). The van der Waals surface area contributed by atoms with Crippen LogP contribution in [-0.2, 0) is 0 Å². The third kappa shape index (κ3) is 3.51. The number of fused-ring (bicyclic) bond motifs is 1. The molecule has 2 aromatic rings. The fourth-order valence-electron chi connectivity index (χ4n) is 4.30. The molecule has 1 N–H and O–H groups in total. The quantitative estimate of drug-likeness (QED) is 0.846. The molecule has 1 heterocycles. The van der Waals surface area contributed by atoms with Gasteiger partial charge in [0.2, 0.25) is 0 Å². The van der Waals surface area contributed by atoms with Gasteiger partial charge in [0.05, 0.1) is 13.2 Å². The number of carbonyl (C=O) groups is 1. The van der Waals surface area contributed by atoms with Gasteiger partial charge in [0.1, 0.15) is 11.4 Å². The first-order chi connectivity index (χ1) is 13.1. The van der Waals surface area contributed by atoms with Crippen LogP contribution in [0.2, 0.25) is 0 Å². The number of rotatable bonds is 3. The number of halogens is 1. The Morgan fingerprint density at radius 2 is 1.96 bits per heavy atom. The lowest BCUT2D eigenvalue weighted by molar-refractivity contribution is -0.00210. The van der Waals surface area contributed by atoms with Crippen molar-refractivity contribution in [2.24, 2.45) is 0 Å². The molecule has 27 heavy (non-hydrogen) atoms. The van der Waals surface area contributed by atoms with E-state index in [1.165, 1.54) is 25.7 Å². The van der Waals surface area contributed by atoms with Gasteiger partial charge in [0, 0.05) is 17.5 Å². The average Bonchev–Trinajstić information content (AvgIpc) is 2.68. The third-order valence-electron chi connectivity index (χ3n) is 5.68. The van der Waals surface area contributed by atoms with E-state index in [2.05, 4.69) is 5.32 Å². The predicted molar refractivity (Wildman–Crippen MR) is 101 cm³/mol. The highest BCUT2D eigenvalue weighted by Crippen LogP contribution is 2.46. The van der Waals surface area contributed by atoms with E-state index in [0.717, 1.165) is 43.4 Å². The molecule has 2 aliphatic rings. The van der Waals surface area contributed by atoms with Gasteiger partial charge in [-0.3, -0.25) is 4.79 Å². The summed E-state index contributed by atoms with van der Waals surface area (Å²) in [5, 5.41) is 3.10. The molecule has 0 radical (unpaired) electrons. The first-order valence-corrected chi connectivity index (χ1v) is 9.53. The lowest BCUT2D eigenvalue weighted by atomic mass is 9.77. The molecular weight excluding hydrogens is 345 g/mol. The maximum absolute atomic E-state index is 14.0. The lowest BCUT2D eigenvalue weighted by Gasteiger charge is -2.44. The van der Waals surface area contributed by atoms with E-state index in [1.54, 1.807) is 6.07 Å². The van der Waals surface area contributed by atoms with Crippen molar-refractivity contribution in [2.45, 2.75) is 50.2 Å². The molecule has 0 bridgehead atoms. The monoisotopic (exact) mass is 369 g/mol. The van der Waals surface area contributed by atoms with Crippen molar-refractivity contribution < 1.29 is 18.7 Å². The predicted octanol–water partition coefficient (Wildman–Crippen LogP) is 4.79. The van der Waals surface area contributed by atoms with Gasteiger partial charge in [-0.25, -0.2) is 4.39 Å². The number of hydrogen-bond acceptors (Lipinski definition) is 3. The molecule has 0 saturated heterocycles. The molecule has 4 nitrogen and oxygen atoms in total. The van der Waals surface area contributed by atoms with Gasteiger partial charge in [-0.2, -0.15) is 0 Å². The van der Waals surface area contributed by atoms with Crippen molar-refractivity contribution in [3.63, 3.8) is 0 Å². The molecule has 2 aromatic carbocycles. The molecule has 1 aliphatic heterocycles. The lowest BCUT2D eigenvalue weighted by Crippen LogP contribution is -2.46. The highest BCUT2D eigenvalue weighted by atomic mass is 19.1. The summed E-state index contributed by atoms with van der Waals surface area (Å²) in [4.78, 5) is 12.8. The molecule has 1 unspecified atom stereocenters. The summed E-state index contributed by atoms with van der Waals surface area (Å²) in [5.74, 6) is 0.145. The molecule has 1 atom stereocenters. The van der Waals surface area contributed by atoms with Crippen LogP contribution >= 0.6 is 0 Å². The molecule has 1 aliphatic carbocycles. The van der Waals surface area contributed by atoms with Crippen LogP contribution in [0.1, 0.15) is 60.5 Å². The Hall–Kier alpha value is -2.56. The van der Waals surface area contributed by atoms with Gasteiger partial charge in [-0.1, -0.05) is 24.6 Å². The Kier molecular flexibility index (Phi) is 4.77. The summed E-state index contributed by atoms with van der Waals surface area (Å²) < 4.78 is 25.3. The minimum atomic E-state index is -0.540. The zero-order chi connectivity index (χ0) is 18.9. The van der Waals surface area contributed by atoms with E-state index < -0.39 is 5.82 Å². The van der Waals surface area contributed by atoms with Crippen LogP contribution in [-0.4, -0.2) is 18.6 Å². The largest absolute Gasteiger partial charge is 0.494 e. The third-order valence-corrected chi connectivity index (χ3v) is 5.68. The molecule has 1 saturated carbocycles. The van der Waals surface area contributed by atoms with E-state index in [4.69, 9.17) is 9.47 Å². The Balaban J connectivity index is 1.60. The summed E-state index contributed by atoms with van der Waals surface area (Å²) in [5.41, 5.74) is 1.06. The van der Waals surface area contributed by atoms with Gasteiger partial charge in [0.25, 0.3) is 5.91 Å². The second-order valence-corrected chi connectivity index (χ2v) is 7.46. The number of para-hydroxylation sites is 1. The van der Waals surface area contributed by atoms with Gasteiger partial charge in [-0.05, 0) is 49.9 Å². The normalized spacial score (nSPS) is 20.4. The topological polar surface area (TPSA) is 47.6 Å². The van der Waals surface area contributed by atoms with Crippen molar-refractivity contribution >= 4 is 5.91 Å². The zero-order valence-corrected chi connectivity index (χ0v) is 15.5. The van der Waals surface area contributed by atoms with Gasteiger partial charge >= 0.3 is 0 Å². The van der Waals surface area contributed by atoms with Crippen LogP contribution in [0.15, 0.2) is 42.5 Å². The average molecular weight is 369 g/mol. The van der Waals surface area contributed by atoms with Crippen LogP contribution in [0.3, 0.4) is 0 Å². The summed E-state index contributed by atoms with van der Waals surface area (Å²) in [6.07, 6.45) is 6.28. The summed E-state index contributed by atoms with van der Waals surface area (Å²) in [6, 6.07) is 12.0. The number of ether oxygens (including phenoxy) is 2. The Morgan fingerprint density at radius 3 is 2.70 bits per heavy atom. The number of methoxy groups -OCH3 is 1. The van der Waals surface area contributed by atoms with Crippen LogP contribution in [0.4, 0.5) is 4.39 Å². The zero-order valence-electron chi connectivity index (χ0n) is 15.5. The van der Waals surface area contributed by atoms with Gasteiger partial charge in [-0.15, -0.1) is 0 Å². The second kappa shape index (κ2) is 7.22. The minimum Gasteiger partial charge on any atom is -0.494 e. The SMILES string of the molecule is COc1ccc(C(=O)NC2CC3(CCCCC3)Oc3ccccc32)cc1F. The highest BCUT2D eigenvalue weighted by molar-refractivity contribution is 5.94. The fourth-order valence-corrected chi connectivity index (χ4v) is 4.30. The Bertz CT molecular complexity index is 845. The molecule has 142 valence electrons. The van der Waals surface area contributed by atoms with Gasteiger partial charge < -0.3 is 14.8 Å². The minimum absolute atomic E-state index is 0.129. The van der Waals surface area contributed by atoms with Crippen LogP contribution in [0, 0.1) is 5.82 Å². The van der Waals surface area contributed by atoms with Crippen LogP contribution < -0.4 is 14.8 Å². The van der Waals surface area contributed by atoms with Crippen molar-refractivity contribution in [1.82, 2.24) is 5.32 Å². The summed E-state index contributed by atoms with van der Waals surface area (Å²) in [6.45, 7) is 0. The van der Waals surface area contributed by atoms with E-state index >= 15 is 0 Å². The number of benzene rings is 2. The number of hydrogen-bond donors (Lipinski definition) is 1. The van der Waals surface area contributed by atoms with Crippen LogP contribution in [0.25, 0.3) is 0 Å². The number of amides is 1. The maximum Gasteiger partial charge on any atom is 0.251 e. The molecule has 0 aromatic heterocycles. The Labute approximate surface area is 158 Å². The molecule has 1 spiro atoms. The maximum atomic E-state index is 14.0. The summed E-state index contributed by atoms with van der Waals surface area (Å²) in [7, 11) is 1.40. The smallest absolute Gasteiger partial charge is 0.251 e. The standard InChI is InChI=1S/C22H24FNO3/c1-26-20-10-9-15(13-17(20)23)21(25)24-18-14-22(11-5-2-6-12-22)27-19-8-4-3-7-16(18)19/h3-4,7-10,13,18H,2,5-6,11-12,14H2,1H3,(H,24,25). The highest BCUT2D eigenvalue weighted by Gasteiger charge is 2.42. The van der Waals surface area contributed by atoms with Crippen molar-refractivity contribution in [1.29, 1.82) is 0 Å². The van der Waals surface area contributed by atoms with Crippen molar-refractivity contribution in [3.05, 3.63) is 59.4 Å². The van der Waals surface area contributed by atoms with Gasteiger partial charge in [0.15, 0.2) is 11.6 Å². The molecular formula is C22H24FNO3. The van der Waals surface area contributed by atoms with E-state index in [1.807, 2.05) is 24.3 Å². The second-order valence-electron chi connectivity index (χ2n) is 7.46. The van der Waals surface area contributed by atoms with E-state index in [0.29, 0.717) is 0 Å². The first kappa shape index (κ1) is 17.8. The number of carbonyl (C=O) groups excluding carboxylic acids is 1. The van der Waals surface area contributed by atoms with E-state index in [9.17, 15) is 9.18 Å². The van der Waals surface area contributed by atoms with Crippen LogP contribution in [0.5, 0.6) is 11.5 Å². The van der Waals surface area contributed by atoms with E-state index in [-0.39, 0.29) is 28.9 Å². The molecule has 5 heteroatoms. The summed E-state index contributed by atoms with van der Waals surface area (Å²) >= 11 is 0. The van der Waals surface area contributed by atoms with Crippen molar-refractivity contribution in [2.75, 3.05) is 7.11 Å². The molecule has 1 amide bonds.